The summed E-state index contributed by atoms with van der Waals surface area (Å²) in [5.41, 5.74) is 0.323. The van der Waals surface area contributed by atoms with E-state index in [1.54, 1.807) is 32.9 Å². The van der Waals surface area contributed by atoms with Gasteiger partial charge in [-0.25, -0.2) is 4.79 Å². The van der Waals surface area contributed by atoms with Crippen LogP contribution in [0.3, 0.4) is 0 Å². The first-order valence-corrected chi connectivity index (χ1v) is 8.15. The van der Waals surface area contributed by atoms with Crippen molar-refractivity contribution in [2.24, 2.45) is 0 Å². The van der Waals surface area contributed by atoms with Crippen LogP contribution in [0.15, 0.2) is 18.2 Å². The second kappa shape index (κ2) is 6.95. The molecule has 0 atom stereocenters. The van der Waals surface area contributed by atoms with Gasteiger partial charge in [-0.05, 0) is 44.9 Å². The third-order valence-electron chi connectivity index (χ3n) is 2.54. The molecule has 0 aliphatic rings. The van der Waals surface area contributed by atoms with E-state index in [9.17, 15) is 17.1 Å². The lowest BCUT2D eigenvalue weighted by Crippen LogP contribution is -2.27. The molecule has 0 fully saturated rings. The molecule has 1 aromatic rings. The Labute approximate surface area is 129 Å². The number of nitrogens with one attached hydrogen (secondary N) is 1. The van der Waals surface area contributed by atoms with Crippen molar-refractivity contribution in [2.75, 3.05) is 18.2 Å². The number of methoxy groups -OCH3 is 1. The van der Waals surface area contributed by atoms with E-state index in [2.05, 4.69) is 5.32 Å². The van der Waals surface area contributed by atoms with Crippen LogP contribution in [0.4, 0.5) is 14.4 Å². The maximum Gasteiger partial charge on any atom is 0.412 e. The fourth-order valence-corrected chi connectivity index (χ4v) is 2.13. The number of carbonyl (C=O) groups is 1. The maximum absolute atomic E-state index is 12.5. The van der Waals surface area contributed by atoms with E-state index in [1.165, 1.54) is 13.2 Å². The van der Waals surface area contributed by atoms with E-state index in [-0.39, 0.29) is 6.42 Å². The Balaban J connectivity index is 2.83. The van der Waals surface area contributed by atoms with Gasteiger partial charge < -0.3 is 9.47 Å². The Morgan fingerprint density at radius 2 is 1.95 bits per heavy atom. The average Bonchev–Trinajstić information content (AvgIpc) is 2.34. The van der Waals surface area contributed by atoms with Crippen molar-refractivity contribution in [3.05, 3.63) is 23.8 Å². The second-order valence-corrected chi connectivity index (χ2v) is 7.14. The first-order chi connectivity index (χ1) is 10.00. The number of hydrogen-bond donors (Lipinski definition) is 1. The fraction of sp³-hybridized carbons (Fsp3) is 0.500. The minimum atomic E-state index is -4.52. The van der Waals surface area contributed by atoms with Crippen LogP contribution in [0.2, 0.25) is 0 Å². The lowest BCUT2D eigenvalue weighted by Gasteiger charge is -2.20. The molecule has 1 rings (SSSR count). The summed E-state index contributed by atoms with van der Waals surface area (Å²) in [5.74, 6) is -0.269. The predicted molar refractivity (Wildman–Crippen MR) is 81.4 cm³/mol. The molecule has 6 nitrogen and oxygen atoms in total. The number of aryl methyl sites for hydroxylation is 1. The standard InChI is InChI=1S/C14H20FNO5S/c1-14(2,3)21-13(17)16-11-6-5-10(9-12(11)20-4)7-8-22(15,18)19/h5-6,9H,7-8H2,1-4H3,(H,16,17). The quantitative estimate of drug-likeness (QED) is 0.838. The van der Waals surface area contributed by atoms with Crippen molar-refractivity contribution in [1.29, 1.82) is 0 Å². The van der Waals surface area contributed by atoms with Crippen molar-refractivity contribution >= 4 is 22.0 Å². The monoisotopic (exact) mass is 333 g/mol. The third kappa shape index (κ3) is 6.75. The zero-order valence-corrected chi connectivity index (χ0v) is 13.8. The highest BCUT2D eigenvalue weighted by atomic mass is 32.3. The number of amides is 1. The minimum absolute atomic E-state index is 0.0158. The van der Waals surface area contributed by atoms with Gasteiger partial charge in [-0.1, -0.05) is 6.07 Å². The third-order valence-corrected chi connectivity index (χ3v) is 3.23. The SMILES string of the molecule is COc1cc(CCS(=O)(=O)F)ccc1NC(=O)OC(C)(C)C. The highest BCUT2D eigenvalue weighted by Crippen LogP contribution is 2.26. The molecular formula is C14H20FNO5S. The number of rotatable bonds is 5. The Hall–Kier alpha value is -1.83. The van der Waals surface area contributed by atoms with Crippen LogP contribution in [0.5, 0.6) is 5.75 Å². The summed E-state index contributed by atoms with van der Waals surface area (Å²) in [6.45, 7) is 5.22. The topological polar surface area (TPSA) is 81.7 Å². The predicted octanol–water partition coefficient (Wildman–Crippen LogP) is 2.88. The lowest BCUT2D eigenvalue weighted by atomic mass is 10.1. The summed E-state index contributed by atoms with van der Waals surface area (Å²) in [7, 11) is -3.11. The number of ether oxygens (including phenoxy) is 2. The van der Waals surface area contributed by atoms with Gasteiger partial charge in [-0.2, -0.15) is 8.42 Å². The van der Waals surface area contributed by atoms with Crippen molar-refractivity contribution in [3.8, 4) is 5.75 Å². The zero-order chi connectivity index (χ0) is 17.0. The van der Waals surface area contributed by atoms with Crippen molar-refractivity contribution < 1.29 is 26.6 Å². The Morgan fingerprint density at radius 1 is 1.32 bits per heavy atom. The maximum atomic E-state index is 12.5. The summed E-state index contributed by atoms with van der Waals surface area (Å²) in [5, 5.41) is 2.54. The molecule has 0 aromatic heterocycles. The largest absolute Gasteiger partial charge is 0.495 e. The summed E-state index contributed by atoms with van der Waals surface area (Å²) in [4.78, 5) is 11.7. The second-order valence-electron chi connectivity index (χ2n) is 5.65. The molecule has 0 aliphatic carbocycles. The van der Waals surface area contributed by atoms with Crippen LogP contribution < -0.4 is 10.1 Å². The van der Waals surface area contributed by atoms with E-state index in [1.807, 2.05) is 0 Å². The van der Waals surface area contributed by atoms with Gasteiger partial charge in [0.2, 0.25) is 0 Å². The molecular weight excluding hydrogens is 313 g/mol. The number of halogens is 1. The minimum Gasteiger partial charge on any atom is -0.495 e. The van der Waals surface area contributed by atoms with E-state index in [0.29, 0.717) is 17.0 Å². The van der Waals surface area contributed by atoms with Crippen molar-refractivity contribution in [2.45, 2.75) is 32.8 Å². The fourth-order valence-electron chi connectivity index (χ4n) is 1.65. The van der Waals surface area contributed by atoms with Crippen LogP contribution in [0, 0.1) is 0 Å². The van der Waals surface area contributed by atoms with Gasteiger partial charge in [0.15, 0.2) is 0 Å². The highest BCUT2D eigenvalue weighted by Gasteiger charge is 2.18. The Kier molecular flexibility index (Phi) is 5.76. The van der Waals surface area contributed by atoms with Crippen molar-refractivity contribution in [3.63, 3.8) is 0 Å². The summed E-state index contributed by atoms with van der Waals surface area (Å²) < 4.78 is 43.9. The molecule has 0 unspecified atom stereocenters. The van der Waals surface area contributed by atoms with Crippen LogP contribution >= 0.6 is 0 Å². The molecule has 1 N–H and O–H groups in total. The molecule has 0 radical (unpaired) electrons. The smallest absolute Gasteiger partial charge is 0.412 e. The molecule has 0 saturated carbocycles. The van der Waals surface area contributed by atoms with Crippen LogP contribution in [-0.4, -0.2) is 33.0 Å². The van der Waals surface area contributed by atoms with Gasteiger partial charge in [0, 0.05) is 0 Å². The normalized spacial score (nSPS) is 11.9. The molecule has 1 amide bonds. The highest BCUT2D eigenvalue weighted by molar-refractivity contribution is 7.86. The van der Waals surface area contributed by atoms with Gasteiger partial charge in [-0.15, -0.1) is 3.89 Å². The number of anilines is 1. The first kappa shape index (κ1) is 18.2. The molecule has 0 aliphatic heterocycles. The first-order valence-electron chi connectivity index (χ1n) is 6.59. The molecule has 22 heavy (non-hydrogen) atoms. The van der Waals surface area contributed by atoms with Crippen LogP contribution in [0.25, 0.3) is 0 Å². The molecule has 1 aromatic carbocycles. The Morgan fingerprint density at radius 3 is 2.45 bits per heavy atom. The zero-order valence-electron chi connectivity index (χ0n) is 13.0. The van der Waals surface area contributed by atoms with Crippen LogP contribution in [-0.2, 0) is 21.4 Å². The van der Waals surface area contributed by atoms with Gasteiger partial charge in [0.05, 0.1) is 18.6 Å². The van der Waals surface area contributed by atoms with Gasteiger partial charge >= 0.3 is 16.3 Å². The molecule has 8 heteroatoms. The van der Waals surface area contributed by atoms with E-state index in [4.69, 9.17) is 9.47 Å². The molecule has 0 spiro atoms. The molecule has 124 valence electrons. The number of carbonyl (C=O) groups excluding carboxylic acids is 1. The average molecular weight is 333 g/mol. The summed E-state index contributed by atoms with van der Waals surface area (Å²) in [6, 6.07) is 4.67. The van der Waals surface area contributed by atoms with Gasteiger partial charge in [0.25, 0.3) is 0 Å². The Bertz CT molecular complexity index is 637. The number of hydrogen-bond acceptors (Lipinski definition) is 5. The molecule has 0 saturated heterocycles. The van der Waals surface area contributed by atoms with Crippen molar-refractivity contribution in [1.82, 2.24) is 0 Å². The van der Waals surface area contributed by atoms with E-state index >= 15 is 0 Å². The van der Waals surface area contributed by atoms with Gasteiger partial charge in [-0.3, -0.25) is 5.32 Å². The van der Waals surface area contributed by atoms with E-state index < -0.39 is 27.7 Å². The summed E-state index contributed by atoms with van der Waals surface area (Å²) in [6.07, 6.45) is -0.619. The number of benzene rings is 1. The van der Waals surface area contributed by atoms with Crippen LogP contribution in [0.1, 0.15) is 26.3 Å². The molecule has 0 heterocycles. The summed E-state index contributed by atoms with van der Waals surface area (Å²) >= 11 is 0. The van der Waals surface area contributed by atoms with Gasteiger partial charge in [0.1, 0.15) is 11.4 Å². The van der Waals surface area contributed by atoms with E-state index in [0.717, 1.165) is 0 Å². The lowest BCUT2D eigenvalue weighted by molar-refractivity contribution is 0.0635. The molecule has 0 bridgehead atoms.